The summed E-state index contributed by atoms with van der Waals surface area (Å²) >= 11 is 5.75. The Bertz CT molecular complexity index is 455. The number of oxazole rings is 1. The van der Waals surface area contributed by atoms with Crippen LogP contribution in [0.5, 0.6) is 0 Å². The number of aryl methyl sites for hydroxylation is 1. The fourth-order valence-electron chi connectivity index (χ4n) is 1.18. The van der Waals surface area contributed by atoms with E-state index in [0.717, 1.165) is 17.3 Å². The molecule has 0 aliphatic heterocycles. The predicted molar refractivity (Wildman–Crippen MR) is 57.8 cm³/mol. The predicted octanol–water partition coefficient (Wildman–Crippen LogP) is 2.64. The molecule has 0 unspecified atom stereocenters. The van der Waals surface area contributed by atoms with E-state index in [1.807, 2.05) is 19.1 Å². The quantitative estimate of drug-likeness (QED) is 0.813. The van der Waals surface area contributed by atoms with Crippen LogP contribution in [0.1, 0.15) is 11.5 Å². The zero-order valence-corrected chi connectivity index (χ0v) is 8.95. The molecule has 78 valence electrons. The molecule has 4 nitrogen and oxygen atoms in total. The van der Waals surface area contributed by atoms with E-state index in [1.54, 1.807) is 6.07 Å². The third kappa shape index (κ3) is 2.47. The Kier molecular flexibility index (Phi) is 2.87. The van der Waals surface area contributed by atoms with Gasteiger partial charge in [0, 0.05) is 0 Å². The van der Waals surface area contributed by atoms with E-state index in [4.69, 9.17) is 16.0 Å². The third-order valence-electron chi connectivity index (χ3n) is 2.00. The molecule has 2 aromatic rings. The van der Waals surface area contributed by atoms with Crippen molar-refractivity contribution in [1.29, 1.82) is 0 Å². The zero-order chi connectivity index (χ0) is 10.7. The van der Waals surface area contributed by atoms with Crippen molar-refractivity contribution in [3.8, 4) is 0 Å². The first-order chi connectivity index (χ1) is 7.25. The van der Waals surface area contributed by atoms with E-state index in [0.29, 0.717) is 11.7 Å². The maximum Gasteiger partial charge on any atom is 0.181 e. The standard InChI is InChI=1S/C10H10ClN3O/c1-7-8(13-6-15-7)5-12-10-4-2-3-9(11)14-10/h2-4,6H,5H2,1H3,(H,12,14). The van der Waals surface area contributed by atoms with E-state index < -0.39 is 0 Å². The number of pyridine rings is 1. The molecule has 1 N–H and O–H groups in total. The highest BCUT2D eigenvalue weighted by molar-refractivity contribution is 6.29. The highest BCUT2D eigenvalue weighted by Crippen LogP contribution is 2.11. The molecular formula is C10H10ClN3O. The van der Waals surface area contributed by atoms with Gasteiger partial charge < -0.3 is 9.73 Å². The summed E-state index contributed by atoms with van der Waals surface area (Å²) in [6.07, 6.45) is 1.43. The second kappa shape index (κ2) is 4.31. The molecule has 0 spiro atoms. The van der Waals surface area contributed by atoms with Crippen LogP contribution < -0.4 is 5.32 Å². The maximum atomic E-state index is 5.75. The molecule has 0 amide bonds. The highest BCUT2D eigenvalue weighted by Gasteiger charge is 2.02. The SMILES string of the molecule is Cc1ocnc1CNc1cccc(Cl)n1. The molecule has 15 heavy (non-hydrogen) atoms. The van der Waals surface area contributed by atoms with Gasteiger partial charge in [-0.25, -0.2) is 9.97 Å². The van der Waals surface area contributed by atoms with Crippen molar-refractivity contribution in [3.63, 3.8) is 0 Å². The van der Waals surface area contributed by atoms with Crippen LogP contribution in [-0.4, -0.2) is 9.97 Å². The van der Waals surface area contributed by atoms with Crippen molar-refractivity contribution in [2.24, 2.45) is 0 Å². The van der Waals surface area contributed by atoms with Crippen molar-refractivity contribution in [2.45, 2.75) is 13.5 Å². The van der Waals surface area contributed by atoms with Crippen LogP contribution in [0, 0.1) is 6.92 Å². The topological polar surface area (TPSA) is 51.0 Å². The van der Waals surface area contributed by atoms with Crippen molar-refractivity contribution in [3.05, 3.63) is 41.2 Å². The number of hydrogen-bond acceptors (Lipinski definition) is 4. The lowest BCUT2D eigenvalue weighted by Crippen LogP contribution is -2.02. The van der Waals surface area contributed by atoms with Crippen LogP contribution in [0.15, 0.2) is 29.0 Å². The minimum atomic E-state index is 0.469. The van der Waals surface area contributed by atoms with E-state index in [9.17, 15) is 0 Å². The Hall–Kier alpha value is -1.55. The van der Waals surface area contributed by atoms with Crippen LogP contribution in [0.2, 0.25) is 5.15 Å². The summed E-state index contributed by atoms with van der Waals surface area (Å²) in [7, 11) is 0. The van der Waals surface area contributed by atoms with Crippen molar-refractivity contribution in [2.75, 3.05) is 5.32 Å². The van der Waals surface area contributed by atoms with Gasteiger partial charge in [-0.1, -0.05) is 17.7 Å². The molecule has 0 fully saturated rings. The van der Waals surface area contributed by atoms with Gasteiger partial charge >= 0.3 is 0 Å². The summed E-state index contributed by atoms with van der Waals surface area (Å²) in [5.41, 5.74) is 0.872. The average molecular weight is 224 g/mol. The summed E-state index contributed by atoms with van der Waals surface area (Å²) in [6, 6.07) is 5.42. The van der Waals surface area contributed by atoms with Gasteiger partial charge in [-0.05, 0) is 19.1 Å². The molecule has 0 aromatic carbocycles. The van der Waals surface area contributed by atoms with Crippen molar-refractivity contribution < 1.29 is 4.42 Å². The smallest absolute Gasteiger partial charge is 0.181 e. The van der Waals surface area contributed by atoms with E-state index >= 15 is 0 Å². The number of aromatic nitrogens is 2. The Labute approximate surface area is 92.3 Å². The van der Waals surface area contributed by atoms with Gasteiger partial charge in [0.25, 0.3) is 0 Å². The Morgan fingerprint density at radius 2 is 2.33 bits per heavy atom. The lowest BCUT2D eigenvalue weighted by atomic mass is 10.3. The van der Waals surface area contributed by atoms with Crippen LogP contribution >= 0.6 is 11.6 Å². The molecule has 0 saturated heterocycles. The molecule has 2 rings (SSSR count). The number of halogens is 1. The summed E-state index contributed by atoms with van der Waals surface area (Å²) < 4.78 is 5.08. The maximum absolute atomic E-state index is 5.75. The molecule has 0 bridgehead atoms. The Balaban J connectivity index is 2.02. The number of nitrogens with zero attached hydrogens (tertiary/aromatic N) is 2. The largest absolute Gasteiger partial charge is 0.448 e. The molecule has 0 aliphatic rings. The normalized spacial score (nSPS) is 10.3. The zero-order valence-electron chi connectivity index (χ0n) is 8.20. The molecule has 2 aromatic heterocycles. The Morgan fingerprint density at radius 3 is 3.00 bits per heavy atom. The molecular weight excluding hydrogens is 214 g/mol. The van der Waals surface area contributed by atoms with Gasteiger partial charge in [0.15, 0.2) is 6.39 Å². The van der Waals surface area contributed by atoms with Crippen molar-refractivity contribution >= 4 is 17.4 Å². The van der Waals surface area contributed by atoms with E-state index in [1.165, 1.54) is 6.39 Å². The van der Waals surface area contributed by atoms with E-state index in [-0.39, 0.29) is 0 Å². The monoisotopic (exact) mass is 223 g/mol. The van der Waals surface area contributed by atoms with Gasteiger partial charge in [0.1, 0.15) is 22.4 Å². The molecule has 0 atom stereocenters. The minimum absolute atomic E-state index is 0.469. The van der Waals surface area contributed by atoms with Gasteiger partial charge in [0.2, 0.25) is 0 Å². The number of rotatable bonds is 3. The summed E-state index contributed by atoms with van der Waals surface area (Å²) in [5, 5.41) is 3.58. The number of hydrogen-bond donors (Lipinski definition) is 1. The lowest BCUT2D eigenvalue weighted by molar-refractivity contribution is 0.524. The fraction of sp³-hybridized carbons (Fsp3) is 0.200. The molecule has 0 aliphatic carbocycles. The van der Waals surface area contributed by atoms with Gasteiger partial charge in [-0.3, -0.25) is 0 Å². The first kappa shape index (κ1) is 9.98. The van der Waals surface area contributed by atoms with Gasteiger partial charge in [-0.2, -0.15) is 0 Å². The number of anilines is 1. The third-order valence-corrected chi connectivity index (χ3v) is 2.21. The molecule has 0 saturated carbocycles. The average Bonchev–Trinajstić information content (AvgIpc) is 2.61. The van der Waals surface area contributed by atoms with Gasteiger partial charge in [-0.15, -0.1) is 0 Å². The fourth-order valence-corrected chi connectivity index (χ4v) is 1.34. The van der Waals surface area contributed by atoms with Crippen LogP contribution in [-0.2, 0) is 6.54 Å². The van der Waals surface area contributed by atoms with Gasteiger partial charge in [0.05, 0.1) is 6.54 Å². The van der Waals surface area contributed by atoms with Crippen molar-refractivity contribution in [1.82, 2.24) is 9.97 Å². The Morgan fingerprint density at radius 1 is 1.47 bits per heavy atom. The second-order valence-corrected chi connectivity index (χ2v) is 3.44. The molecule has 0 radical (unpaired) electrons. The van der Waals surface area contributed by atoms with Crippen LogP contribution in [0.4, 0.5) is 5.82 Å². The molecule has 2 heterocycles. The number of nitrogens with one attached hydrogen (secondary N) is 1. The first-order valence-corrected chi connectivity index (χ1v) is 4.89. The second-order valence-electron chi connectivity index (χ2n) is 3.05. The van der Waals surface area contributed by atoms with Crippen LogP contribution in [0.3, 0.4) is 0 Å². The summed E-state index contributed by atoms with van der Waals surface area (Å²) in [4.78, 5) is 8.16. The minimum Gasteiger partial charge on any atom is -0.448 e. The molecule has 5 heteroatoms. The van der Waals surface area contributed by atoms with Crippen LogP contribution in [0.25, 0.3) is 0 Å². The first-order valence-electron chi connectivity index (χ1n) is 4.51. The highest BCUT2D eigenvalue weighted by atomic mass is 35.5. The van der Waals surface area contributed by atoms with E-state index in [2.05, 4.69) is 15.3 Å². The lowest BCUT2D eigenvalue weighted by Gasteiger charge is -2.03. The summed E-state index contributed by atoms with van der Waals surface area (Å²) in [5.74, 6) is 1.54. The summed E-state index contributed by atoms with van der Waals surface area (Å²) in [6.45, 7) is 2.45.